The van der Waals surface area contributed by atoms with E-state index in [9.17, 15) is 14.3 Å². The van der Waals surface area contributed by atoms with Crippen LogP contribution in [0.25, 0.3) is 5.65 Å². The van der Waals surface area contributed by atoms with Gasteiger partial charge in [0.2, 0.25) is 5.95 Å². The maximum Gasteiger partial charge on any atom is 0.306 e. The van der Waals surface area contributed by atoms with Crippen molar-refractivity contribution in [3.63, 3.8) is 0 Å². The van der Waals surface area contributed by atoms with Crippen LogP contribution in [0.1, 0.15) is 24.6 Å². The van der Waals surface area contributed by atoms with E-state index in [0.717, 1.165) is 11.3 Å². The molecule has 2 aromatic rings. The molecule has 1 fully saturated rings. The Bertz CT molecular complexity index is 726. The van der Waals surface area contributed by atoms with Crippen molar-refractivity contribution < 1.29 is 14.3 Å². The normalized spacial score (nSPS) is 31.9. The Morgan fingerprint density at radius 3 is 3.16 bits per heavy atom. The molecule has 2 aromatic heterocycles. The summed E-state index contributed by atoms with van der Waals surface area (Å²) < 4.78 is 14.8. The van der Waals surface area contributed by atoms with E-state index in [1.54, 1.807) is 10.7 Å². The van der Waals surface area contributed by atoms with Gasteiger partial charge in [0.25, 0.3) is 0 Å². The molecule has 1 saturated carbocycles. The minimum atomic E-state index is -0.744. The Morgan fingerprint density at radius 1 is 1.63 bits per heavy atom. The molecule has 0 bridgehead atoms. The first kappa shape index (κ1) is 10.9. The third-order valence-electron chi connectivity index (χ3n) is 4.78. The summed E-state index contributed by atoms with van der Waals surface area (Å²) in [6.45, 7) is 2.04. The van der Waals surface area contributed by atoms with Crippen molar-refractivity contribution in [2.45, 2.75) is 25.2 Å². The van der Waals surface area contributed by atoms with E-state index in [1.165, 1.54) is 6.07 Å². The number of aromatic nitrogens is 3. The third-order valence-corrected chi connectivity index (χ3v) is 4.78. The fraction of sp³-hybridized carbons (Fsp3) is 0.462. The van der Waals surface area contributed by atoms with Gasteiger partial charge in [-0.15, -0.1) is 5.10 Å². The lowest BCUT2D eigenvalue weighted by Crippen LogP contribution is -2.50. The Labute approximate surface area is 108 Å². The topological polar surface area (TPSA) is 67.5 Å². The first-order valence-corrected chi connectivity index (χ1v) is 6.27. The zero-order valence-electron chi connectivity index (χ0n) is 10.3. The largest absolute Gasteiger partial charge is 0.481 e. The maximum atomic E-state index is 13.3. The van der Waals surface area contributed by atoms with Crippen molar-refractivity contribution in [1.29, 1.82) is 0 Å². The number of hydrogen-bond acceptors (Lipinski definition) is 3. The van der Waals surface area contributed by atoms with Crippen molar-refractivity contribution in [3.05, 3.63) is 29.5 Å². The predicted molar refractivity (Wildman–Crippen MR) is 63.2 cm³/mol. The van der Waals surface area contributed by atoms with Crippen LogP contribution in [0.3, 0.4) is 0 Å². The Balaban J connectivity index is 1.92. The number of carboxylic acid groups (broad SMARTS) is 1. The molecule has 0 amide bonds. The Kier molecular flexibility index (Phi) is 1.79. The molecule has 98 valence electrons. The van der Waals surface area contributed by atoms with Crippen molar-refractivity contribution in [2.75, 3.05) is 0 Å². The standard InChI is InChI=1S/C13H12FN3O2/c1-13-4-7(12(18)19)8(13)2-6-5-15-10-3-9(14)16-17(10)11(6)13/h3,5,7-8H,2,4H2,1H3,(H,18,19). The molecule has 1 N–H and O–H groups in total. The number of halogens is 1. The van der Waals surface area contributed by atoms with Gasteiger partial charge >= 0.3 is 5.97 Å². The molecule has 0 aromatic carbocycles. The van der Waals surface area contributed by atoms with Crippen LogP contribution in [0, 0.1) is 17.8 Å². The van der Waals surface area contributed by atoms with E-state index in [4.69, 9.17) is 0 Å². The molecule has 0 radical (unpaired) electrons. The number of aliphatic carboxylic acids is 1. The molecule has 2 heterocycles. The maximum absolute atomic E-state index is 13.3. The highest BCUT2D eigenvalue weighted by Gasteiger charge is 2.60. The lowest BCUT2D eigenvalue weighted by Gasteiger charge is -2.47. The number of hydrogen-bond donors (Lipinski definition) is 1. The van der Waals surface area contributed by atoms with Crippen LogP contribution in [0.2, 0.25) is 0 Å². The second-order valence-corrected chi connectivity index (χ2v) is 5.75. The number of carboxylic acids is 1. The van der Waals surface area contributed by atoms with E-state index in [0.29, 0.717) is 18.5 Å². The second-order valence-electron chi connectivity index (χ2n) is 5.75. The van der Waals surface area contributed by atoms with Gasteiger partial charge in [0.1, 0.15) is 0 Å². The lowest BCUT2D eigenvalue weighted by molar-refractivity contribution is -0.151. The van der Waals surface area contributed by atoms with Gasteiger partial charge in [-0.3, -0.25) is 4.79 Å². The van der Waals surface area contributed by atoms with Crippen LogP contribution in [0.4, 0.5) is 4.39 Å². The molecule has 2 aliphatic carbocycles. The quantitative estimate of drug-likeness (QED) is 0.842. The summed E-state index contributed by atoms with van der Waals surface area (Å²) >= 11 is 0. The summed E-state index contributed by atoms with van der Waals surface area (Å²) in [5.74, 6) is -1.54. The number of rotatable bonds is 1. The molecule has 0 saturated heterocycles. The summed E-state index contributed by atoms with van der Waals surface area (Å²) in [6.07, 6.45) is 3.00. The molecular formula is C13H12FN3O2. The minimum Gasteiger partial charge on any atom is -0.481 e. The molecule has 5 nitrogen and oxygen atoms in total. The predicted octanol–water partition coefficient (Wildman–Crippen LogP) is 1.40. The fourth-order valence-electron chi connectivity index (χ4n) is 3.87. The minimum absolute atomic E-state index is 0.0691. The third kappa shape index (κ3) is 1.16. The van der Waals surface area contributed by atoms with E-state index >= 15 is 0 Å². The van der Waals surface area contributed by atoms with Gasteiger partial charge in [-0.1, -0.05) is 6.92 Å². The fourth-order valence-corrected chi connectivity index (χ4v) is 3.87. The second kappa shape index (κ2) is 3.12. The summed E-state index contributed by atoms with van der Waals surface area (Å²) in [6, 6.07) is 1.30. The van der Waals surface area contributed by atoms with Gasteiger partial charge in [0.05, 0.1) is 11.6 Å². The molecule has 0 aliphatic heterocycles. The summed E-state index contributed by atoms with van der Waals surface area (Å²) in [5, 5.41) is 13.1. The van der Waals surface area contributed by atoms with Gasteiger partial charge in [-0.05, 0) is 24.3 Å². The average Bonchev–Trinajstić information content (AvgIpc) is 2.79. The van der Waals surface area contributed by atoms with Crippen LogP contribution in [-0.2, 0) is 16.6 Å². The first-order valence-electron chi connectivity index (χ1n) is 6.27. The van der Waals surface area contributed by atoms with Gasteiger partial charge < -0.3 is 5.11 Å². The molecule has 3 unspecified atom stereocenters. The van der Waals surface area contributed by atoms with E-state index in [1.807, 2.05) is 6.92 Å². The highest BCUT2D eigenvalue weighted by atomic mass is 19.1. The smallest absolute Gasteiger partial charge is 0.306 e. The van der Waals surface area contributed by atoms with Crippen molar-refractivity contribution in [3.8, 4) is 0 Å². The van der Waals surface area contributed by atoms with Crippen LogP contribution < -0.4 is 0 Å². The summed E-state index contributed by atoms with van der Waals surface area (Å²) in [7, 11) is 0. The van der Waals surface area contributed by atoms with Crippen molar-refractivity contribution in [1.82, 2.24) is 14.6 Å². The number of fused-ring (bicyclic) bond motifs is 5. The van der Waals surface area contributed by atoms with Crippen LogP contribution in [-0.4, -0.2) is 25.7 Å². The van der Waals surface area contributed by atoms with Crippen LogP contribution in [0.15, 0.2) is 12.3 Å². The monoisotopic (exact) mass is 261 g/mol. The average molecular weight is 261 g/mol. The Morgan fingerprint density at radius 2 is 2.42 bits per heavy atom. The Hall–Kier alpha value is -1.98. The molecule has 6 heteroatoms. The van der Waals surface area contributed by atoms with E-state index in [-0.39, 0.29) is 17.3 Å². The van der Waals surface area contributed by atoms with E-state index in [2.05, 4.69) is 10.1 Å². The van der Waals surface area contributed by atoms with Gasteiger partial charge in [0.15, 0.2) is 5.65 Å². The number of nitrogens with zero attached hydrogens (tertiary/aromatic N) is 3. The van der Waals surface area contributed by atoms with Crippen molar-refractivity contribution >= 4 is 11.6 Å². The molecule has 19 heavy (non-hydrogen) atoms. The molecule has 2 aliphatic rings. The van der Waals surface area contributed by atoms with Gasteiger partial charge in [-0.2, -0.15) is 4.39 Å². The van der Waals surface area contributed by atoms with Crippen molar-refractivity contribution in [2.24, 2.45) is 11.8 Å². The molecule has 3 atom stereocenters. The highest BCUT2D eigenvalue weighted by Crippen LogP contribution is 2.59. The molecule has 0 spiro atoms. The first-order chi connectivity index (χ1) is 9.00. The van der Waals surface area contributed by atoms with Crippen LogP contribution >= 0.6 is 0 Å². The zero-order valence-corrected chi connectivity index (χ0v) is 10.3. The molecular weight excluding hydrogens is 249 g/mol. The summed E-state index contributed by atoms with van der Waals surface area (Å²) in [4.78, 5) is 15.4. The number of carbonyl (C=O) groups is 1. The van der Waals surface area contributed by atoms with E-state index < -0.39 is 11.9 Å². The van der Waals surface area contributed by atoms with Gasteiger partial charge in [-0.25, -0.2) is 9.50 Å². The lowest BCUT2D eigenvalue weighted by atomic mass is 9.56. The zero-order chi connectivity index (χ0) is 13.4. The van der Waals surface area contributed by atoms with Gasteiger partial charge in [0, 0.05) is 17.7 Å². The highest BCUT2D eigenvalue weighted by molar-refractivity contribution is 5.73. The summed E-state index contributed by atoms with van der Waals surface area (Å²) in [5.41, 5.74) is 2.19. The SMILES string of the molecule is CC12CC(C(=O)O)C1Cc1cnc3cc(F)nn3c12. The van der Waals surface area contributed by atoms with Crippen LogP contribution in [0.5, 0.6) is 0 Å². The molecule has 4 rings (SSSR count).